The van der Waals surface area contributed by atoms with Gasteiger partial charge in [0.2, 0.25) is 0 Å². The van der Waals surface area contributed by atoms with Gasteiger partial charge in [0, 0.05) is 10.6 Å². The van der Waals surface area contributed by atoms with Gasteiger partial charge in [-0.1, -0.05) is 35.3 Å². The highest BCUT2D eigenvalue weighted by Gasteiger charge is 2.23. The number of nitrogens with one attached hydrogen (secondary N) is 1. The summed E-state index contributed by atoms with van der Waals surface area (Å²) in [5.41, 5.74) is 1.51. The maximum absolute atomic E-state index is 13.5. The van der Waals surface area contributed by atoms with E-state index in [0.717, 1.165) is 11.4 Å². The topological polar surface area (TPSA) is 21.3 Å². The number of halogens is 3. The molecule has 1 unspecified atom stereocenters. The van der Waals surface area contributed by atoms with Crippen LogP contribution in [0.1, 0.15) is 11.7 Å². The number of hydrogen-bond donors (Lipinski definition) is 1. The molecule has 0 radical (unpaired) electrons. The molecule has 0 spiro atoms. The number of ether oxygens (including phenoxy) is 1. The third-order valence-electron chi connectivity index (χ3n) is 3.02. The van der Waals surface area contributed by atoms with Crippen LogP contribution in [0.4, 0.5) is 10.1 Å². The summed E-state index contributed by atoms with van der Waals surface area (Å²) >= 11 is 11.8. The molecule has 0 saturated carbocycles. The number of hydrogen-bond acceptors (Lipinski definition) is 2. The Labute approximate surface area is 120 Å². The minimum atomic E-state index is -0.497. The van der Waals surface area contributed by atoms with Crippen molar-refractivity contribution in [1.29, 1.82) is 0 Å². The fourth-order valence-corrected chi connectivity index (χ4v) is 2.58. The van der Waals surface area contributed by atoms with Crippen LogP contribution in [0, 0.1) is 5.82 Å². The van der Waals surface area contributed by atoms with E-state index in [4.69, 9.17) is 27.9 Å². The summed E-state index contributed by atoms with van der Waals surface area (Å²) in [6.45, 7) is 0.526. The van der Waals surface area contributed by atoms with Crippen molar-refractivity contribution in [2.24, 2.45) is 0 Å². The molecule has 19 heavy (non-hydrogen) atoms. The zero-order valence-electron chi connectivity index (χ0n) is 9.79. The summed E-state index contributed by atoms with van der Waals surface area (Å²) in [4.78, 5) is 0. The fourth-order valence-electron chi connectivity index (χ4n) is 2.07. The van der Waals surface area contributed by atoms with Crippen molar-refractivity contribution in [1.82, 2.24) is 0 Å². The Morgan fingerprint density at radius 3 is 2.79 bits per heavy atom. The molecule has 5 heteroatoms. The quantitative estimate of drug-likeness (QED) is 0.772. The Morgan fingerprint density at radius 2 is 1.95 bits per heavy atom. The molecule has 98 valence electrons. The highest BCUT2D eigenvalue weighted by molar-refractivity contribution is 6.35. The van der Waals surface area contributed by atoms with Gasteiger partial charge in [0.25, 0.3) is 0 Å². The Kier molecular flexibility index (Phi) is 3.25. The molecule has 0 bridgehead atoms. The van der Waals surface area contributed by atoms with E-state index < -0.39 is 5.82 Å². The summed E-state index contributed by atoms with van der Waals surface area (Å²) < 4.78 is 19.4. The molecule has 2 aromatic rings. The lowest BCUT2D eigenvalue weighted by molar-refractivity contribution is 0.210. The predicted molar refractivity (Wildman–Crippen MR) is 74.7 cm³/mol. The molecule has 2 aromatic carbocycles. The van der Waals surface area contributed by atoms with Crippen molar-refractivity contribution in [3.05, 3.63) is 57.8 Å². The minimum Gasteiger partial charge on any atom is -0.482 e. The number of rotatable bonds is 1. The first-order valence-corrected chi connectivity index (χ1v) is 6.55. The molecule has 0 saturated heterocycles. The highest BCUT2D eigenvalue weighted by atomic mass is 35.5. The normalized spacial score (nSPS) is 17.3. The molecule has 1 heterocycles. The molecule has 0 fully saturated rings. The average molecular weight is 298 g/mol. The first kappa shape index (κ1) is 12.6. The average Bonchev–Trinajstić information content (AvgIpc) is 2.42. The fraction of sp³-hybridized carbons (Fsp3) is 0.143. The van der Waals surface area contributed by atoms with Crippen molar-refractivity contribution in [2.75, 3.05) is 11.9 Å². The van der Waals surface area contributed by atoms with Crippen LogP contribution in [0.3, 0.4) is 0 Å². The standard InChI is InChI=1S/C14H10Cl2FNO/c15-9-6-10(16)11(17)5-8(9)14-7-18-12-3-1-2-4-13(12)19-14/h1-6,14,18H,7H2. The van der Waals surface area contributed by atoms with Gasteiger partial charge in [-0.2, -0.15) is 0 Å². The van der Waals surface area contributed by atoms with Crippen LogP contribution in [0.25, 0.3) is 0 Å². The van der Waals surface area contributed by atoms with Crippen LogP contribution >= 0.6 is 23.2 Å². The van der Waals surface area contributed by atoms with E-state index in [2.05, 4.69) is 5.32 Å². The number of para-hydroxylation sites is 2. The van der Waals surface area contributed by atoms with E-state index in [1.807, 2.05) is 24.3 Å². The van der Waals surface area contributed by atoms with E-state index in [1.54, 1.807) is 0 Å². The minimum absolute atomic E-state index is 0.0120. The lowest BCUT2D eigenvalue weighted by Gasteiger charge is -2.28. The second-order valence-electron chi connectivity index (χ2n) is 4.27. The van der Waals surface area contributed by atoms with E-state index in [9.17, 15) is 4.39 Å². The lowest BCUT2D eigenvalue weighted by Crippen LogP contribution is -2.23. The molecule has 1 aliphatic heterocycles. The number of benzene rings is 2. The van der Waals surface area contributed by atoms with E-state index >= 15 is 0 Å². The van der Waals surface area contributed by atoms with Gasteiger partial charge in [0.15, 0.2) is 0 Å². The molecule has 0 aromatic heterocycles. The van der Waals surface area contributed by atoms with Gasteiger partial charge < -0.3 is 10.1 Å². The van der Waals surface area contributed by atoms with Gasteiger partial charge in [-0.3, -0.25) is 0 Å². The molecule has 2 nitrogen and oxygen atoms in total. The molecule has 1 N–H and O–H groups in total. The molecule has 3 rings (SSSR count). The SMILES string of the molecule is Fc1cc(C2CNc3ccccc3O2)c(Cl)cc1Cl. The third kappa shape index (κ3) is 2.36. The molecular weight excluding hydrogens is 288 g/mol. The zero-order chi connectivity index (χ0) is 13.4. The van der Waals surface area contributed by atoms with Gasteiger partial charge in [0.05, 0.1) is 17.3 Å². The van der Waals surface area contributed by atoms with Crippen molar-refractivity contribution < 1.29 is 9.13 Å². The molecule has 1 atom stereocenters. The summed E-state index contributed by atoms with van der Waals surface area (Å²) in [5.74, 6) is 0.230. The summed E-state index contributed by atoms with van der Waals surface area (Å²) in [6.07, 6.45) is -0.339. The third-order valence-corrected chi connectivity index (χ3v) is 3.64. The summed E-state index contributed by atoms with van der Waals surface area (Å²) in [7, 11) is 0. The maximum atomic E-state index is 13.5. The van der Waals surface area contributed by atoms with Crippen molar-refractivity contribution in [3.8, 4) is 5.75 Å². The second-order valence-corrected chi connectivity index (χ2v) is 5.09. The summed E-state index contributed by atoms with van der Waals surface area (Å²) in [5, 5.41) is 3.65. The van der Waals surface area contributed by atoms with E-state index in [-0.39, 0.29) is 11.1 Å². The van der Waals surface area contributed by atoms with Gasteiger partial charge in [-0.05, 0) is 24.3 Å². The summed E-state index contributed by atoms with van der Waals surface area (Å²) in [6, 6.07) is 10.3. The largest absolute Gasteiger partial charge is 0.482 e. The number of fused-ring (bicyclic) bond motifs is 1. The van der Waals surface area contributed by atoms with Crippen LogP contribution in [0.15, 0.2) is 36.4 Å². The van der Waals surface area contributed by atoms with Crippen molar-refractivity contribution in [2.45, 2.75) is 6.10 Å². The van der Waals surface area contributed by atoms with Crippen LogP contribution in [-0.2, 0) is 0 Å². The van der Waals surface area contributed by atoms with Crippen LogP contribution < -0.4 is 10.1 Å². The van der Waals surface area contributed by atoms with Gasteiger partial charge >= 0.3 is 0 Å². The van der Waals surface area contributed by atoms with Gasteiger partial charge in [-0.15, -0.1) is 0 Å². The molecule has 0 aliphatic carbocycles. The predicted octanol–water partition coefficient (Wildman–Crippen LogP) is 4.68. The van der Waals surface area contributed by atoms with Crippen molar-refractivity contribution in [3.63, 3.8) is 0 Å². The maximum Gasteiger partial charge on any atom is 0.143 e. The Morgan fingerprint density at radius 1 is 1.16 bits per heavy atom. The smallest absolute Gasteiger partial charge is 0.143 e. The molecule has 0 amide bonds. The first-order valence-electron chi connectivity index (χ1n) is 5.79. The van der Waals surface area contributed by atoms with E-state index in [0.29, 0.717) is 17.1 Å². The Bertz CT molecular complexity index is 633. The van der Waals surface area contributed by atoms with Crippen molar-refractivity contribution >= 4 is 28.9 Å². The molecular formula is C14H10Cl2FNO. The van der Waals surface area contributed by atoms with E-state index in [1.165, 1.54) is 12.1 Å². The highest BCUT2D eigenvalue weighted by Crippen LogP contribution is 2.37. The van der Waals surface area contributed by atoms with Crippen LogP contribution in [0.2, 0.25) is 10.0 Å². The van der Waals surface area contributed by atoms with Gasteiger partial charge in [-0.25, -0.2) is 4.39 Å². The Balaban J connectivity index is 1.95. The Hall–Kier alpha value is -1.45. The van der Waals surface area contributed by atoms with Crippen LogP contribution in [0.5, 0.6) is 5.75 Å². The first-order chi connectivity index (χ1) is 9.15. The number of anilines is 1. The second kappa shape index (κ2) is 4.91. The zero-order valence-corrected chi connectivity index (χ0v) is 11.3. The van der Waals surface area contributed by atoms with Gasteiger partial charge in [0.1, 0.15) is 17.7 Å². The molecule has 1 aliphatic rings. The van der Waals surface area contributed by atoms with Crippen LogP contribution in [-0.4, -0.2) is 6.54 Å². The lowest BCUT2D eigenvalue weighted by atomic mass is 10.1. The monoisotopic (exact) mass is 297 g/mol.